The van der Waals surface area contributed by atoms with Crippen LogP contribution in [0.2, 0.25) is 0 Å². The van der Waals surface area contributed by atoms with Crippen molar-refractivity contribution in [3.63, 3.8) is 0 Å². The Bertz CT molecular complexity index is 1290. The smallest absolute Gasteiger partial charge is 0.225 e. The van der Waals surface area contributed by atoms with Gasteiger partial charge in [0.1, 0.15) is 0 Å². The van der Waals surface area contributed by atoms with Gasteiger partial charge in [0.15, 0.2) is 11.5 Å². The van der Waals surface area contributed by atoms with Crippen LogP contribution in [-0.2, 0) is 11.3 Å². The van der Waals surface area contributed by atoms with Crippen molar-refractivity contribution in [1.29, 1.82) is 0 Å². The van der Waals surface area contributed by atoms with Crippen LogP contribution in [0.1, 0.15) is 29.0 Å². The number of phenolic OH excluding ortho intramolecular Hbond substituents is 1. The minimum atomic E-state index is -0.221. The summed E-state index contributed by atoms with van der Waals surface area (Å²) in [5.41, 5.74) is 4.98. The van der Waals surface area contributed by atoms with Crippen LogP contribution in [0.4, 0.5) is 5.69 Å². The molecule has 0 saturated heterocycles. The average molecular weight is 428 g/mol. The van der Waals surface area contributed by atoms with Gasteiger partial charge in [-0.2, -0.15) is 0 Å². The molecule has 0 fully saturated rings. The maximum absolute atomic E-state index is 12.8. The molecule has 2 heterocycles. The Labute approximate surface area is 186 Å². The Morgan fingerprint density at radius 3 is 2.44 bits per heavy atom. The minimum Gasteiger partial charge on any atom is -0.502 e. The van der Waals surface area contributed by atoms with Gasteiger partial charge in [-0.1, -0.05) is 36.4 Å². The van der Waals surface area contributed by atoms with Crippen molar-refractivity contribution in [3.8, 4) is 17.2 Å². The normalized spacial score (nSPS) is 15.3. The summed E-state index contributed by atoms with van der Waals surface area (Å²) in [6, 6.07) is 19.9. The fraction of sp³-hybridized carbons (Fsp3) is 0.192. The molecular weight excluding hydrogens is 404 g/mol. The van der Waals surface area contributed by atoms with Crippen LogP contribution in [0, 0.1) is 0 Å². The zero-order valence-corrected chi connectivity index (χ0v) is 18.0. The number of nitrogens with zero attached hydrogens (tertiary/aromatic N) is 1. The Balaban J connectivity index is 1.71. The van der Waals surface area contributed by atoms with Crippen LogP contribution in [0.25, 0.3) is 10.9 Å². The van der Waals surface area contributed by atoms with Crippen LogP contribution in [0.3, 0.4) is 0 Å². The van der Waals surface area contributed by atoms with Crippen molar-refractivity contribution < 1.29 is 19.4 Å². The second-order valence-corrected chi connectivity index (χ2v) is 7.98. The number of hydrogen-bond acceptors (Lipinski definition) is 4. The maximum Gasteiger partial charge on any atom is 0.225 e. The molecule has 1 aliphatic rings. The molecule has 6 nitrogen and oxygen atoms in total. The molecule has 0 bridgehead atoms. The van der Waals surface area contributed by atoms with E-state index in [1.807, 2.05) is 30.3 Å². The number of rotatable bonds is 5. The van der Waals surface area contributed by atoms with Crippen molar-refractivity contribution in [1.82, 2.24) is 4.57 Å². The number of aromatic hydroxyl groups is 1. The predicted octanol–water partition coefficient (Wildman–Crippen LogP) is 4.89. The van der Waals surface area contributed by atoms with Gasteiger partial charge >= 0.3 is 0 Å². The first kappa shape index (κ1) is 20.0. The van der Waals surface area contributed by atoms with Crippen molar-refractivity contribution >= 4 is 22.5 Å². The van der Waals surface area contributed by atoms with Gasteiger partial charge in [-0.15, -0.1) is 0 Å². The molecule has 1 amide bonds. The molecule has 6 heteroatoms. The van der Waals surface area contributed by atoms with Gasteiger partial charge < -0.3 is 24.5 Å². The van der Waals surface area contributed by atoms with Gasteiger partial charge in [-0.05, 0) is 41.0 Å². The van der Waals surface area contributed by atoms with Gasteiger partial charge in [0.25, 0.3) is 0 Å². The zero-order chi connectivity index (χ0) is 22.2. The second-order valence-electron chi connectivity index (χ2n) is 7.98. The van der Waals surface area contributed by atoms with E-state index in [2.05, 4.69) is 34.3 Å². The SMILES string of the molecule is COc1cc([C@@H]2CC(=O)Nc3cccc4c3c2cn4Cc2ccccc2)cc(OC)c1O. The molecule has 4 aromatic rings. The van der Waals surface area contributed by atoms with Crippen LogP contribution in [0.15, 0.2) is 66.9 Å². The van der Waals surface area contributed by atoms with E-state index in [0.29, 0.717) is 11.5 Å². The van der Waals surface area contributed by atoms with Crippen molar-refractivity contribution in [3.05, 3.63) is 83.6 Å². The van der Waals surface area contributed by atoms with E-state index in [4.69, 9.17) is 9.47 Å². The molecule has 1 aromatic heterocycles. The number of nitrogens with one attached hydrogen (secondary N) is 1. The van der Waals surface area contributed by atoms with Crippen molar-refractivity contribution in [2.75, 3.05) is 19.5 Å². The Morgan fingerprint density at radius 1 is 1.03 bits per heavy atom. The third kappa shape index (κ3) is 3.34. The molecule has 0 spiro atoms. The Kier molecular flexibility index (Phi) is 4.98. The zero-order valence-electron chi connectivity index (χ0n) is 18.0. The number of benzene rings is 3. The molecule has 162 valence electrons. The summed E-state index contributed by atoms with van der Waals surface area (Å²) in [7, 11) is 3.00. The van der Waals surface area contributed by atoms with Crippen molar-refractivity contribution in [2.45, 2.75) is 18.9 Å². The van der Waals surface area contributed by atoms with E-state index in [1.54, 1.807) is 12.1 Å². The Morgan fingerprint density at radius 2 is 1.75 bits per heavy atom. The number of hydrogen-bond donors (Lipinski definition) is 2. The van der Waals surface area contributed by atoms with E-state index in [0.717, 1.165) is 34.3 Å². The predicted molar refractivity (Wildman–Crippen MR) is 124 cm³/mol. The summed E-state index contributed by atoms with van der Waals surface area (Å²) in [4.78, 5) is 12.8. The van der Waals surface area contributed by atoms with Crippen LogP contribution >= 0.6 is 0 Å². The Hall–Kier alpha value is -3.93. The highest BCUT2D eigenvalue weighted by Crippen LogP contribution is 2.45. The third-order valence-electron chi connectivity index (χ3n) is 6.07. The molecule has 5 rings (SSSR count). The van der Waals surface area contributed by atoms with Crippen LogP contribution in [-0.4, -0.2) is 29.8 Å². The standard InChI is InChI=1S/C26H24N2O4/c1-31-22-11-17(12-23(32-2)26(22)30)18-13-24(29)27-20-9-6-10-21-25(20)19(18)15-28(21)14-16-7-4-3-5-8-16/h3-12,15,18,30H,13-14H2,1-2H3,(H,27,29)/t18-/m0/s1. The minimum absolute atomic E-state index is 0.0518. The highest BCUT2D eigenvalue weighted by atomic mass is 16.5. The molecule has 0 radical (unpaired) electrons. The van der Waals surface area contributed by atoms with Crippen LogP contribution < -0.4 is 14.8 Å². The summed E-state index contributed by atoms with van der Waals surface area (Å²) in [5.74, 6) is 0.305. The average Bonchev–Trinajstić information content (AvgIpc) is 3.10. The van der Waals surface area contributed by atoms with E-state index in [1.165, 1.54) is 19.8 Å². The van der Waals surface area contributed by atoms with Crippen LogP contribution in [0.5, 0.6) is 17.2 Å². The number of carbonyl (C=O) groups excluding carboxylic acids is 1. The van der Waals surface area contributed by atoms with Gasteiger partial charge in [0.05, 0.1) is 25.4 Å². The number of anilines is 1. The fourth-order valence-electron chi connectivity index (χ4n) is 4.57. The molecule has 0 saturated carbocycles. The topological polar surface area (TPSA) is 72.7 Å². The molecule has 3 aromatic carbocycles. The lowest BCUT2D eigenvalue weighted by Crippen LogP contribution is -2.14. The number of aromatic nitrogens is 1. The lowest BCUT2D eigenvalue weighted by atomic mass is 9.88. The van der Waals surface area contributed by atoms with E-state index in [9.17, 15) is 9.90 Å². The maximum atomic E-state index is 12.8. The molecule has 1 atom stereocenters. The molecular formula is C26H24N2O4. The molecule has 1 aliphatic heterocycles. The number of ether oxygens (including phenoxy) is 2. The van der Waals surface area contributed by atoms with E-state index < -0.39 is 0 Å². The second kappa shape index (κ2) is 7.96. The molecule has 0 unspecified atom stereocenters. The fourth-order valence-corrected chi connectivity index (χ4v) is 4.57. The van der Waals surface area contributed by atoms with Crippen molar-refractivity contribution in [2.24, 2.45) is 0 Å². The van der Waals surface area contributed by atoms with Gasteiger partial charge in [-0.3, -0.25) is 4.79 Å². The molecule has 32 heavy (non-hydrogen) atoms. The lowest BCUT2D eigenvalue weighted by molar-refractivity contribution is -0.116. The lowest BCUT2D eigenvalue weighted by Gasteiger charge is -2.18. The quantitative estimate of drug-likeness (QED) is 0.475. The summed E-state index contributed by atoms with van der Waals surface area (Å²) in [5, 5.41) is 14.5. The molecule has 2 N–H and O–H groups in total. The first-order valence-corrected chi connectivity index (χ1v) is 10.5. The van der Waals surface area contributed by atoms with Gasteiger partial charge in [0, 0.05) is 30.5 Å². The first-order valence-electron chi connectivity index (χ1n) is 10.5. The third-order valence-corrected chi connectivity index (χ3v) is 6.07. The summed E-state index contributed by atoms with van der Waals surface area (Å²) >= 11 is 0. The summed E-state index contributed by atoms with van der Waals surface area (Å²) < 4.78 is 13.0. The molecule has 0 aliphatic carbocycles. The first-order chi connectivity index (χ1) is 15.6. The number of methoxy groups -OCH3 is 2. The largest absolute Gasteiger partial charge is 0.502 e. The highest BCUT2D eigenvalue weighted by molar-refractivity contribution is 6.06. The highest BCUT2D eigenvalue weighted by Gasteiger charge is 2.29. The monoisotopic (exact) mass is 428 g/mol. The van der Waals surface area contributed by atoms with E-state index in [-0.39, 0.29) is 24.0 Å². The number of carbonyl (C=O) groups is 1. The summed E-state index contributed by atoms with van der Waals surface area (Å²) in [6.07, 6.45) is 2.41. The van der Waals surface area contributed by atoms with Gasteiger partial charge in [0.2, 0.25) is 11.7 Å². The van der Waals surface area contributed by atoms with Gasteiger partial charge in [-0.25, -0.2) is 0 Å². The van der Waals surface area contributed by atoms with E-state index >= 15 is 0 Å². The summed E-state index contributed by atoms with van der Waals surface area (Å²) in [6.45, 7) is 0.726. The number of phenols is 1. The number of amides is 1.